The van der Waals surface area contributed by atoms with E-state index in [-0.39, 0.29) is 15.6 Å². The number of sulfonamides is 1. The fraction of sp³-hybridized carbons (Fsp3) is 0.200. The Balaban J connectivity index is 1.51. The van der Waals surface area contributed by atoms with E-state index >= 15 is 0 Å². The lowest BCUT2D eigenvalue weighted by Crippen LogP contribution is -2.46. The monoisotopic (exact) mass is 454 g/mol. The predicted octanol–water partition coefficient (Wildman–Crippen LogP) is 1.92. The molecule has 1 saturated heterocycles. The minimum atomic E-state index is -3.59. The van der Waals surface area contributed by atoms with Crippen LogP contribution in [-0.2, 0) is 10.0 Å². The summed E-state index contributed by atoms with van der Waals surface area (Å²) in [6.45, 7) is 2.04. The molecule has 0 saturated carbocycles. The van der Waals surface area contributed by atoms with Gasteiger partial charge in [-0.3, -0.25) is 15.1 Å². The van der Waals surface area contributed by atoms with Gasteiger partial charge in [0.2, 0.25) is 10.0 Å². The highest BCUT2D eigenvalue weighted by Gasteiger charge is 2.26. The summed E-state index contributed by atoms with van der Waals surface area (Å²) < 4.78 is 26.9. The molecule has 1 amide bonds. The Morgan fingerprint density at radius 3 is 2.55 bits per heavy atom. The number of piperazine rings is 1. The molecule has 0 atom stereocenters. The van der Waals surface area contributed by atoms with Crippen molar-refractivity contribution in [2.75, 3.05) is 31.5 Å². The van der Waals surface area contributed by atoms with Crippen LogP contribution in [0.1, 0.15) is 15.2 Å². The van der Waals surface area contributed by atoms with Crippen molar-refractivity contribution in [2.24, 2.45) is 0 Å². The summed E-state index contributed by atoms with van der Waals surface area (Å²) in [5, 5.41) is 15.4. The lowest BCUT2D eigenvalue weighted by atomic mass is 10.2. The molecule has 4 rings (SSSR count). The standard InChI is InChI=1S/C20H18N6O3S2/c21-13-17-18(16-3-1-2-8-23-16)24-20(30-17)25-19(27)14-4-6-15(7-5-14)31(28,29)26-11-9-22-10-12-26/h1-8,22H,9-12H2,(H,24,25,27). The van der Waals surface area contributed by atoms with Crippen molar-refractivity contribution >= 4 is 32.4 Å². The first-order chi connectivity index (χ1) is 15.0. The van der Waals surface area contributed by atoms with Gasteiger partial charge in [0.05, 0.1) is 10.6 Å². The molecule has 0 aliphatic carbocycles. The molecule has 9 nitrogen and oxygen atoms in total. The molecule has 1 aliphatic heterocycles. The third kappa shape index (κ3) is 4.47. The molecular formula is C20H18N6O3S2. The molecule has 158 valence electrons. The van der Waals surface area contributed by atoms with Crippen LogP contribution in [0.15, 0.2) is 53.6 Å². The normalized spacial score (nSPS) is 14.7. The minimum Gasteiger partial charge on any atom is -0.314 e. The largest absolute Gasteiger partial charge is 0.314 e. The zero-order chi connectivity index (χ0) is 21.8. The average Bonchev–Trinajstić information content (AvgIpc) is 3.23. The topological polar surface area (TPSA) is 128 Å². The van der Waals surface area contributed by atoms with Gasteiger partial charge in [0.1, 0.15) is 16.6 Å². The molecule has 0 bridgehead atoms. The van der Waals surface area contributed by atoms with Crippen molar-refractivity contribution in [1.82, 2.24) is 19.6 Å². The molecule has 2 N–H and O–H groups in total. The van der Waals surface area contributed by atoms with Crippen LogP contribution >= 0.6 is 11.3 Å². The number of aromatic nitrogens is 2. The van der Waals surface area contributed by atoms with Crippen molar-refractivity contribution in [3.05, 3.63) is 59.1 Å². The van der Waals surface area contributed by atoms with Gasteiger partial charge >= 0.3 is 0 Å². The van der Waals surface area contributed by atoms with Gasteiger partial charge in [-0.05, 0) is 36.4 Å². The van der Waals surface area contributed by atoms with E-state index in [4.69, 9.17) is 0 Å². The van der Waals surface area contributed by atoms with E-state index in [9.17, 15) is 18.5 Å². The summed E-state index contributed by atoms with van der Waals surface area (Å²) in [6.07, 6.45) is 1.60. The Morgan fingerprint density at radius 2 is 1.90 bits per heavy atom. The maximum atomic E-state index is 12.7. The van der Waals surface area contributed by atoms with Crippen LogP contribution in [0.4, 0.5) is 5.13 Å². The number of hydrogen-bond acceptors (Lipinski definition) is 8. The fourth-order valence-electron chi connectivity index (χ4n) is 3.11. The van der Waals surface area contributed by atoms with Gasteiger partial charge in [0.25, 0.3) is 5.91 Å². The highest BCUT2D eigenvalue weighted by molar-refractivity contribution is 7.89. The second kappa shape index (κ2) is 8.91. The first-order valence-electron chi connectivity index (χ1n) is 9.43. The van der Waals surface area contributed by atoms with Crippen molar-refractivity contribution < 1.29 is 13.2 Å². The molecule has 0 radical (unpaired) electrons. The van der Waals surface area contributed by atoms with E-state index in [1.54, 1.807) is 24.4 Å². The second-order valence-electron chi connectivity index (χ2n) is 6.66. The predicted molar refractivity (Wildman–Crippen MR) is 116 cm³/mol. The quantitative estimate of drug-likeness (QED) is 0.603. The number of benzene rings is 1. The van der Waals surface area contributed by atoms with Gasteiger partial charge in [-0.15, -0.1) is 0 Å². The van der Waals surface area contributed by atoms with E-state index in [1.807, 2.05) is 0 Å². The van der Waals surface area contributed by atoms with Gasteiger partial charge < -0.3 is 5.32 Å². The third-order valence-electron chi connectivity index (χ3n) is 4.69. The summed E-state index contributed by atoms with van der Waals surface area (Å²) in [5.74, 6) is -0.447. The van der Waals surface area contributed by atoms with Crippen molar-refractivity contribution in [1.29, 1.82) is 5.26 Å². The number of amides is 1. The molecule has 3 heterocycles. The van der Waals surface area contributed by atoms with E-state index in [2.05, 4.69) is 26.7 Å². The van der Waals surface area contributed by atoms with Crippen LogP contribution in [0.25, 0.3) is 11.4 Å². The zero-order valence-electron chi connectivity index (χ0n) is 16.3. The Morgan fingerprint density at radius 1 is 1.16 bits per heavy atom. The van der Waals surface area contributed by atoms with Crippen molar-refractivity contribution in [2.45, 2.75) is 4.90 Å². The SMILES string of the molecule is N#Cc1sc(NC(=O)c2ccc(S(=O)(=O)N3CCNCC3)cc2)nc1-c1ccccn1. The number of carbonyl (C=O) groups is 1. The van der Waals surface area contributed by atoms with Gasteiger partial charge in [0.15, 0.2) is 5.13 Å². The van der Waals surface area contributed by atoms with Crippen LogP contribution in [0, 0.1) is 11.3 Å². The van der Waals surface area contributed by atoms with Crippen LogP contribution < -0.4 is 10.6 Å². The van der Waals surface area contributed by atoms with Crippen LogP contribution in [0.3, 0.4) is 0 Å². The average molecular weight is 455 g/mol. The zero-order valence-corrected chi connectivity index (χ0v) is 17.9. The number of anilines is 1. The summed E-state index contributed by atoms with van der Waals surface area (Å²) in [4.78, 5) is 21.6. The highest BCUT2D eigenvalue weighted by atomic mass is 32.2. The maximum Gasteiger partial charge on any atom is 0.257 e. The van der Waals surface area contributed by atoms with E-state index in [1.165, 1.54) is 28.6 Å². The van der Waals surface area contributed by atoms with E-state index in [0.29, 0.717) is 42.4 Å². The van der Waals surface area contributed by atoms with Gasteiger partial charge in [-0.1, -0.05) is 17.4 Å². The number of pyridine rings is 1. The molecule has 11 heteroatoms. The number of nitrogens with one attached hydrogen (secondary N) is 2. The minimum absolute atomic E-state index is 0.143. The molecule has 1 aliphatic rings. The summed E-state index contributed by atoms with van der Waals surface area (Å²) in [6, 6.07) is 13.1. The Labute approximate surface area is 183 Å². The number of thiazole rings is 1. The van der Waals surface area contributed by atoms with Gasteiger partial charge in [0, 0.05) is 37.9 Å². The number of rotatable bonds is 5. The maximum absolute atomic E-state index is 12.7. The Hall–Kier alpha value is -3.17. The van der Waals surface area contributed by atoms with Crippen molar-refractivity contribution in [3.63, 3.8) is 0 Å². The van der Waals surface area contributed by atoms with Crippen molar-refractivity contribution in [3.8, 4) is 17.5 Å². The molecule has 1 fully saturated rings. The molecule has 0 unspecified atom stereocenters. The summed E-state index contributed by atoms with van der Waals surface area (Å²) in [5.41, 5.74) is 1.23. The number of nitrogens with zero attached hydrogens (tertiary/aromatic N) is 4. The molecule has 31 heavy (non-hydrogen) atoms. The Bertz CT molecular complexity index is 1230. The lowest BCUT2D eigenvalue weighted by Gasteiger charge is -2.26. The van der Waals surface area contributed by atoms with E-state index in [0.717, 1.165) is 11.3 Å². The molecule has 1 aromatic carbocycles. The van der Waals surface area contributed by atoms with Crippen LogP contribution in [0.2, 0.25) is 0 Å². The highest BCUT2D eigenvalue weighted by Crippen LogP contribution is 2.29. The number of carbonyl (C=O) groups excluding carboxylic acids is 1. The van der Waals surface area contributed by atoms with E-state index < -0.39 is 15.9 Å². The van der Waals surface area contributed by atoms with Gasteiger partial charge in [-0.2, -0.15) is 9.57 Å². The lowest BCUT2D eigenvalue weighted by molar-refractivity contribution is 0.102. The molecule has 2 aromatic heterocycles. The van der Waals surface area contributed by atoms with Crippen LogP contribution in [-0.4, -0.2) is 54.8 Å². The third-order valence-corrected chi connectivity index (χ3v) is 7.48. The second-order valence-corrected chi connectivity index (χ2v) is 9.59. The number of hydrogen-bond donors (Lipinski definition) is 2. The van der Waals surface area contributed by atoms with Crippen LogP contribution in [0.5, 0.6) is 0 Å². The smallest absolute Gasteiger partial charge is 0.257 e. The Kier molecular flexibility index (Phi) is 6.06. The molecule has 3 aromatic rings. The first-order valence-corrected chi connectivity index (χ1v) is 11.7. The first kappa shape index (κ1) is 21.1. The summed E-state index contributed by atoms with van der Waals surface area (Å²) in [7, 11) is -3.59. The number of nitriles is 1. The molecular weight excluding hydrogens is 436 g/mol. The fourth-order valence-corrected chi connectivity index (χ4v) is 5.32. The summed E-state index contributed by atoms with van der Waals surface area (Å²) >= 11 is 1.05. The molecule has 0 spiro atoms. The van der Waals surface area contributed by atoms with Gasteiger partial charge in [-0.25, -0.2) is 13.4 Å².